The average Bonchev–Trinajstić information content (AvgIpc) is 2.57. The average molecular weight is 227 g/mol. The number of halogens is 1. The third kappa shape index (κ3) is 2.49. The van der Waals surface area contributed by atoms with Gasteiger partial charge in [0.2, 0.25) is 0 Å². The number of nitrogens with two attached hydrogens (primary N) is 1. The minimum atomic E-state index is 0. The second-order valence-electron chi connectivity index (χ2n) is 3.52. The Morgan fingerprint density at radius 3 is 2.93 bits per heavy atom. The lowest BCUT2D eigenvalue weighted by Gasteiger charge is -1.94. The lowest BCUT2D eigenvalue weighted by atomic mass is 10.1. The number of fused-ring (bicyclic) bond motifs is 1. The van der Waals surface area contributed by atoms with E-state index in [9.17, 15) is 0 Å². The van der Waals surface area contributed by atoms with E-state index >= 15 is 0 Å². The summed E-state index contributed by atoms with van der Waals surface area (Å²) in [5, 5.41) is 5.17. The van der Waals surface area contributed by atoms with Crippen LogP contribution in [0.1, 0.15) is 17.7 Å². The molecule has 82 valence electrons. The fraction of sp³-hybridized carbons (Fsp3) is 0.364. The predicted octanol–water partition coefficient (Wildman–Crippen LogP) is 2.45. The third-order valence-electron chi connectivity index (χ3n) is 2.32. The topological polar surface area (TPSA) is 52.0 Å². The lowest BCUT2D eigenvalue weighted by molar-refractivity contribution is 0.445. The van der Waals surface area contributed by atoms with Crippen molar-refractivity contribution in [2.24, 2.45) is 5.73 Å². The van der Waals surface area contributed by atoms with Crippen molar-refractivity contribution < 1.29 is 4.52 Å². The van der Waals surface area contributed by atoms with Gasteiger partial charge < -0.3 is 10.3 Å². The highest BCUT2D eigenvalue weighted by Gasteiger charge is 2.06. The molecule has 15 heavy (non-hydrogen) atoms. The van der Waals surface area contributed by atoms with E-state index in [0.717, 1.165) is 29.5 Å². The van der Waals surface area contributed by atoms with Gasteiger partial charge in [-0.15, -0.1) is 12.4 Å². The second kappa shape index (κ2) is 5.14. The predicted molar refractivity (Wildman–Crippen MR) is 63.4 cm³/mol. The smallest absolute Gasteiger partial charge is 0.167 e. The Kier molecular flexibility index (Phi) is 4.12. The molecule has 2 rings (SSSR count). The van der Waals surface area contributed by atoms with Crippen LogP contribution >= 0.6 is 12.4 Å². The van der Waals surface area contributed by atoms with Gasteiger partial charge in [-0.25, -0.2) is 0 Å². The molecule has 0 aliphatic rings. The number of nitrogens with zero attached hydrogens (tertiary/aromatic N) is 1. The maximum Gasteiger partial charge on any atom is 0.167 e. The Balaban J connectivity index is 0.00000112. The first-order chi connectivity index (χ1) is 6.81. The summed E-state index contributed by atoms with van der Waals surface area (Å²) in [6.45, 7) is 2.76. The first kappa shape index (κ1) is 12.0. The SMILES string of the molecule is Cc1ccc2onc(CCCN)c2c1.Cl. The molecule has 3 nitrogen and oxygen atoms in total. The molecule has 0 spiro atoms. The molecule has 2 aromatic rings. The van der Waals surface area contributed by atoms with E-state index in [1.807, 2.05) is 12.1 Å². The molecule has 1 heterocycles. The summed E-state index contributed by atoms with van der Waals surface area (Å²) in [7, 11) is 0. The third-order valence-corrected chi connectivity index (χ3v) is 2.32. The molecular formula is C11H15ClN2O. The molecule has 0 aliphatic carbocycles. The summed E-state index contributed by atoms with van der Waals surface area (Å²) in [5.41, 5.74) is 8.58. The van der Waals surface area contributed by atoms with Gasteiger partial charge in [-0.3, -0.25) is 0 Å². The summed E-state index contributed by atoms with van der Waals surface area (Å²) in [6, 6.07) is 6.10. The van der Waals surface area contributed by atoms with E-state index in [2.05, 4.69) is 18.1 Å². The van der Waals surface area contributed by atoms with Crippen LogP contribution in [0.4, 0.5) is 0 Å². The molecule has 4 heteroatoms. The van der Waals surface area contributed by atoms with Gasteiger partial charge in [-0.2, -0.15) is 0 Å². The van der Waals surface area contributed by atoms with Gasteiger partial charge in [0.15, 0.2) is 5.58 Å². The normalized spacial score (nSPS) is 10.3. The Morgan fingerprint density at radius 2 is 2.20 bits per heavy atom. The van der Waals surface area contributed by atoms with Crippen molar-refractivity contribution in [3.05, 3.63) is 29.5 Å². The maximum absolute atomic E-state index is 5.46. The number of hydrogen-bond donors (Lipinski definition) is 1. The summed E-state index contributed by atoms with van der Waals surface area (Å²) in [5.74, 6) is 0. The van der Waals surface area contributed by atoms with Gasteiger partial charge in [0, 0.05) is 5.39 Å². The van der Waals surface area contributed by atoms with E-state index in [-0.39, 0.29) is 12.4 Å². The zero-order chi connectivity index (χ0) is 9.97. The summed E-state index contributed by atoms with van der Waals surface area (Å²) >= 11 is 0. The summed E-state index contributed by atoms with van der Waals surface area (Å²) < 4.78 is 5.21. The Morgan fingerprint density at radius 1 is 1.40 bits per heavy atom. The van der Waals surface area contributed by atoms with Crippen LogP contribution in [0.2, 0.25) is 0 Å². The van der Waals surface area contributed by atoms with Gasteiger partial charge in [-0.05, 0) is 38.4 Å². The van der Waals surface area contributed by atoms with E-state index in [1.54, 1.807) is 0 Å². The van der Waals surface area contributed by atoms with Crippen molar-refractivity contribution >= 4 is 23.4 Å². The number of benzene rings is 1. The van der Waals surface area contributed by atoms with Crippen molar-refractivity contribution in [3.63, 3.8) is 0 Å². The molecule has 0 unspecified atom stereocenters. The molecule has 1 aromatic heterocycles. The van der Waals surface area contributed by atoms with Crippen LogP contribution in [-0.4, -0.2) is 11.7 Å². The molecule has 0 radical (unpaired) electrons. The first-order valence-electron chi connectivity index (χ1n) is 4.86. The van der Waals surface area contributed by atoms with Crippen LogP contribution in [0.3, 0.4) is 0 Å². The van der Waals surface area contributed by atoms with Crippen LogP contribution in [-0.2, 0) is 6.42 Å². The monoisotopic (exact) mass is 226 g/mol. The molecule has 0 amide bonds. The van der Waals surface area contributed by atoms with Crippen LogP contribution in [0.15, 0.2) is 22.7 Å². The summed E-state index contributed by atoms with van der Waals surface area (Å²) in [4.78, 5) is 0. The number of aryl methyl sites for hydroxylation is 2. The van der Waals surface area contributed by atoms with E-state index < -0.39 is 0 Å². The van der Waals surface area contributed by atoms with E-state index in [4.69, 9.17) is 10.3 Å². The lowest BCUT2D eigenvalue weighted by Crippen LogP contribution is -2.00. The minimum Gasteiger partial charge on any atom is -0.356 e. The van der Waals surface area contributed by atoms with Crippen molar-refractivity contribution in [2.45, 2.75) is 19.8 Å². The van der Waals surface area contributed by atoms with Gasteiger partial charge in [0.1, 0.15) is 0 Å². The maximum atomic E-state index is 5.46. The second-order valence-corrected chi connectivity index (χ2v) is 3.52. The summed E-state index contributed by atoms with van der Waals surface area (Å²) in [6.07, 6.45) is 1.85. The van der Waals surface area contributed by atoms with Gasteiger partial charge in [0.25, 0.3) is 0 Å². The zero-order valence-corrected chi connectivity index (χ0v) is 9.51. The van der Waals surface area contributed by atoms with Crippen LogP contribution in [0.5, 0.6) is 0 Å². The van der Waals surface area contributed by atoms with Gasteiger partial charge >= 0.3 is 0 Å². The molecule has 0 atom stereocenters. The molecule has 1 aromatic carbocycles. The fourth-order valence-electron chi connectivity index (χ4n) is 1.55. The van der Waals surface area contributed by atoms with Crippen molar-refractivity contribution in [1.29, 1.82) is 0 Å². The zero-order valence-electron chi connectivity index (χ0n) is 8.69. The van der Waals surface area contributed by atoms with Crippen molar-refractivity contribution in [3.8, 4) is 0 Å². The van der Waals surface area contributed by atoms with E-state index in [0.29, 0.717) is 6.54 Å². The molecule has 0 aliphatic heterocycles. The highest BCUT2D eigenvalue weighted by molar-refractivity contribution is 5.85. The Hall–Kier alpha value is -1.06. The molecular weight excluding hydrogens is 212 g/mol. The molecule has 0 saturated carbocycles. The van der Waals surface area contributed by atoms with Crippen LogP contribution < -0.4 is 5.73 Å². The standard InChI is InChI=1S/C11H14N2O.ClH/c1-8-4-5-11-9(7-8)10(13-14-11)3-2-6-12;/h4-5,7H,2-3,6,12H2,1H3;1H. The largest absolute Gasteiger partial charge is 0.356 e. The molecule has 2 N–H and O–H groups in total. The highest BCUT2D eigenvalue weighted by atomic mass is 35.5. The molecule has 0 saturated heterocycles. The highest BCUT2D eigenvalue weighted by Crippen LogP contribution is 2.20. The van der Waals surface area contributed by atoms with Gasteiger partial charge in [-0.1, -0.05) is 16.8 Å². The van der Waals surface area contributed by atoms with Crippen LogP contribution in [0.25, 0.3) is 11.0 Å². The number of rotatable bonds is 3. The number of aromatic nitrogens is 1. The fourth-order valence-corrected chi connectivity index (χ4v) is 1.55. The number of hydrogen-bond acceptors (Lipinski definition) is 3. The molecule has 0 bridgehead atoms. The van der Waals surface area contributed by atoms with Crippen molar-refractivity contribution in [2.75, 3.05) is 6.54 Å². The van der Waals surface area contributed by atoms with Gasteiger partial charge in [0.05, 0.1) is 5.69 Å². The quantitative estimate of drug-likeness (QED) is 0.875. The van der Waals surface area contributed by atoms with E-state index in [1.165, 1.54) is 5.56 Å². The Labute approximate surface area is 95.0 Å². The molecule has 0 fully saturated rings. The Bertz CT molecular complexity index is 439. The first-order valence-corrected chi connectivity index (χ1v) is 4.86. The van der Waals surface area contributed by atoms with Crippen molar-refractivity contribution in [1.82, 2.24) is 5.16 Å². The minimum absolute atomic E-state index is 0. The van der Waals surface area contributed by atoms with Crippen LogP contribution in [0, 0.1) is 6.92 Å².